The van der Waals surface area contributed by atoms with Crippen molar-refractivity contribution < 1.29 is 14.4 Å². The third kappa shape index (κ3) is 6.80. The number of rotatable bonds is 6. The first-order valence-electron chi connectivity index (χ1n) is 9.99. The minimum absolute atomic E-state index is 0.0420. The van der Waals surface area contributed by atoms with Crippen molar-refractivity contribution in [3.8, 4) is 5.75 Å². The molecule has 154 valence electrons. The first kappa shape index (κ1) is 21.2. The van der Waals surface area contributed by atoms with Gasteiger partial charge < -0.3 is 19.9 Å². The summed E-state index contributed by atoms with van der Waals surface area (Å²) in [6.45, 7) is 6.62. The lowest BCUT2D eigenvalue weighted by molar-refractivity contribution is -0.883. The van der Waals surface area contributed by atoms with Crippen molar-refractivity contribution >= 4 is 34.2 Å². The number of aliphatic imine (C=N–C) groups is 1. The number of hydrogen-bond acceptors (Lipinski definition) is 4. The predicted octanol–water partition coefficient (Wildman–Crippen LogP) is 2.27. The van der Waals surface area contributed by atoms with Crippen molar-refractivity contribution in [2.45, 2.75) is 6.92 Å². The van der Waals surface area contributed by atoms with Crippen molar-refractivity contribution in [1.82, 2.24) is 4.90 Å². The zero-order valence-electron chi connectivity index (χ0n) is 17.1. The molecule has 2 aromatic carbocycles. The molecule has 0 bridgehead atoms. The maximum atomic E-state index is 12.5. The number of likely N-dealkylation sites (N-methyl/N-ethyl adjacent to an activating group) is 1. The van der Waals surface area contributed by atoms with Gasteiger partial charge in [0.1, 0.15) is 5.75 Å². The Labute approximate surface area is 176 Å². The van der Waals surface area contributed by atoms with Crippen molar-refractivity contribution in [3.63, 3.8) is 0 Å². The molecule has 6 nitrogen and oxygen atoms in total. The number of benzene rings is 2. The van der Waals surface area contributed by atoms with E-state index in [4.69, 9.17) is 9.73 Å². The molecule has 0 aliphatic carbocycles. The van der Waals surface area contributed by atoms with E-state index in [9.17, 15) is 4.79 Å². The van der Waals surface area contributed by atoms with Crippen LogP contribution in [0.2, 0.25) is 0 Å². The molecule has 0 radical (unpaired) electrons. The van der Waals surface area contributed by atoms with Crippen LogP contribution in [0.4, 0.5) is 11.4 Å². The maximum absolute atomic E-state index is 12.5. The lowest BCUT2D eigenvalue weighted by Crippen LogP contribution is -3.12. The summed E-state index contributed by atoms with van der Waals surface area (Å²) in [5, 5.41) is 3.86. The van der Waals surface area contributed by atoms with Gasteiger partial charge in [0.25, 0.3) is 0 Å². The molecule has 7 heteroatoms. The maximum Gasteiger partial charge on any atom is 0.234 e. The zero-order valence-corrected chi connectivity index (χ0v) is 17.9. The number of ether oxygens (including phenoxy) is 1. The molecule has 0 aromatic heterocycles. The monoisotopic (exact) mass is 413 g/mol. The molecule has 2 N–H and O–H groups in total. The van der Waals surface area contributed by atoms with Crippen molar-refractivity contribution in [1.29, 1.82) is 0 Å². The number of nitrogens with one attached hydrogen (secondary N) is 2. The molecule has 3 rings (SSSR count). The van der Waals surface area contributed by atoms with Gasteiger partial charge in [-0.1, -0.05) is 30.0 Å². The fourth-order valence-corrected chi connectivity index (χ4v) is 3.88. The molecule has 0 spiro atoms. The predicted molar refractivity (Wildman–Crippen MR) is 120 cm³/mol. The number of nitrogens with zero attached hydrogens (tertiary/aromatic N) is 2. The van der Waals surface area contributed by atoms with Crippen LogP contribution >= 0.6 is 11.8 Å². The number of piperazine rings is 1. The molecule has 1 amide bonds. The van der Waals surface area contributed by atoms with Gasteiger partial charge in [0.15, 0.2) is 5.17 Å². The van der Waals surface area contributed by atoms with Crippen molar-refractivity contribution in [2.75, 3.05) is 50.9 Å². The second kappa shape index (κ2) is 10.9. The Kier molecular flexibility index (Phi) is 7.95. The van der Waals surface area contributed by atoms with Crippen LogP contribution in [0.5, 0.6) is 5.75 Å². The second-order valence-corrected chi connectivity index (χ2v) is 7.91. The highest BCUT2D eigenvalue weighted by atomic mass is 32.2. The fraction of sp³-hybridized carbons (Fsp3) is 0.364. The minimum Gasteiger partial charge on any atom is -0.494 e. The average Bonchev–Trinajstić information content (AvgIpc) is 2.74. The third-order valence-electron chi connectivity index (χ3n) is 4.65. The summed E-state index contributed by atoms with van der Waals surface area (Å²) in [6, 6.07) is 17.4. The Hall–Kier alpha value is -2.51. The summed E-state index contributed by atoms with van der Waals surface area (Å²) in [5.41, 5.74) is 1.68. The molecule has 1 aliphatic rings. The number of quaternary nitrogens is 1. The van der Waals surface area contributed by atoms with Crippen LogP contribution in [-0.2, 0) is 4.79 Å². The zero-order chi connectivity index (χ0) is 20.5. The van der Waals surface area contributed by atoms with E-state index in [0.717, 1.165) is 48.5 Å². The Morgan fingerprint density at radius 2 is 1.83 bits per heavy atom. The van der Waals surface area contributed by atoms with E-state index in [2.05, 4.69) is 17.3 Å². The number of amides is 1. The highest BCUT2D eigenvalue weighted by Crippen LogP contribution is 2.19. The second-order valence-electron chi connectivity index (χ2n) is 6.97. The highest BCUT2D eigenvalue weighted by Gasteiger charge is 2.21. The van der Waals surface area contributed by atoms with Gasteiger partial charge in [-0.2, -0.15) is 0 Å². The Morgan fingerprint density at radius 3 is 2.48 bits per heavy atom. The van der Waals surface area contributed by atoms with Crippen LogP contribution in [0.15, 0.2) is 59.6 Å². The number of para-hydroxylation sites is 1. The van der Waals surface area contributed by atoms with E-state index in [1.807, 2.05) is 61.5 Å². The average molecular weight is 414 g/mol. The van der Waals surface area contributed by atoms with E-state index in [1.54, 1.807) is 0 Å². The number of anilines is 1. The van der Waals surface area contributed by atoms with Gasteiger partial charge in [0.2, 0.25) is 5.91 Å². The molecule has 0 atom stereocenters. The van der Waals surface area contributed by atoms with Crippen LogP contribution in [0, 0.1) is 0 Å². The molecule has 0 unspecified atom stereocenters. The standard InChI is InChI=1S/C22H28N4O2S/c1-3-28-20-11-9-19(10-12-20)23-21(27)17-29-22(24-18-7-5-4-6-8-18)26-15-13-25(2)14-16-26/h4-12H,3,13-17H2,1-2H3,(H,23,27)/p+1. The topological polar surface area (TPSA) is 58.4 Å². The van der Waals surface area contributed by atoms with Crippen LogP contribution in [0.1, 0.15) is 6.92 Å². The van der Waals surface area contributed by atoms with E-state index in [1.165, 1.54) is 16.7 Å². The molecule has 0 saturated carbocycles. The lowest BCUT2D eigenvalue weighted by Gasteiger charge is -2.32. The molecule has 1 fully saturated rings. The van der Waals surface area contributed by atoms with Crippen molar-refractivity contribution in [3.05, 3.63) is 54.6 Å². The summed E-state index contributed by atoms with van der Waals surface area (Å²) >= 11 is 1.49. The Morgan fingerprint density at radius 1 is 1.14 bits per heavy atom. The van der Waals surface area contributed by atoms with Crippen LogP contribution < -0.4 is 15.0 Å². The van der Waals surface area contributed by atoms with Gasteiger partial charge in [0, 0.05) is 5.69 Å². The molecular formula is C22H29N4O2S+. The molecule has 29 heavy (non-hydrogen) atoms. The van der Waals surface area contributed by atoms with Gasteiger partial charge in [-0.15, -0.1) is 0 Å². The van der Waals surface area contributed by atoms with Gasteiger partial charge in [-0.3, -0.25) is 4.79 Å². The van der Waals surface area contributed by atoms with Gasteiger partial charge in [-0.05, 0) is 43.3 Å². The Bertz CT molecular complexity index is 803. The number of amidine groups is 1. The van der Waals surface area contributed by atoms with E-state index in [0.29, 0.717) is 12.4 Å². The number of carbonyl (C=O) groups excluding carboxylic acids is 1. The number of thioether (sulfide) groups is 1. The highest BCUT2D eigenvalue weighted by molar-refractivity contribution is 8.14. The molecule has 2 aromatic rings. The summed E-state index contributed by atoms with van der Waals surface area (Å²) < 4.78 is 5.44. The van der Waals surface area contributed by atoms with E-state index < -0.39 is 0 Å². The third-order valence-corrected chi connectivity index (χ3v) is 5.66. The molecular weight excluding hydrogens is 384 g/mol. The summed E-state index contributed by atoms with van der Waals surface area (Å²) in [7, 11) is 2.21. The number of hydrogen-bond donors (Lipinski definition) is 2. The Balaban J connectivity index is 1.61. The molecule has 1 heterocycles. The number of carbonyl (C=O) groups is 1. The largest absolute Gasteiger partial charge is 0.494 e. The molecule has 1 saturated heterocycles. The SMILES string of the molecule is CCOc1ccc(NC(=O)CSC(=Nc2ccccc2)N2CC[NH+](C)CC2)cc1. The van der Waals surface area contributed by atoms with Crippen LogP contribution in [0.25, 0.3) is 0 Å². The smallest absolute Gasteiger partial charge is 0.234 e. The first-order chi connectivity index (χ1) is 14.1. The van der Waals surface area contributed by atoms with Gasteiger partial charge in [-0.25, -0.2) is 4.99 Å². The lowest BCUT2D eigenvalue weighted by atomic mass is 10.3. The molecule has 1 aliphatic heterocycles. The fourth-order valence-electron chi connectivity index (χ4n) is 3.02. The van der Waals surface area contributed by atoms with Gasteiger partial charge in [0.05, 0.1) is 51.3 Å². The van der Waals surface area contributed by atoms with Crippen molar-refractivity contribution in [2.24, 2.45) is 4.99 Å². The van der Waals surface area contributed by atoms with E-state index >= 15 is 0 Å². The normalized spacial score (nSPS) is 15.2. The van der Waals surface area contributed by atoms with Gasteiger partial charge >= 0.3 is 0 Å². The van der Waals surface area contributed by atoms with E-state index in [-0.39, 0.29) is 5.91 Å². The summed E-state index contributed by atoms with van der Waals surface area (Å²) in [5.74, 6) is 1.08. The first-order valence-corrected chi connectivity index (χ1v) is 11.0. The summed E-state index contributed by atoms with van der Waals surface area (Å²) in [6.07, 6.45) is 0. The summed E-state index contributed by atoms with van der Waals surface area (Å²) in [4.78, 5) is 21.1. The van der Waals surface area contributed by atoms with Crippen LogP contribution in [-0.4, -0.2) is 61.6 Å². The quantitative estimate of drug-likeness (QED) is 0.564. The van der Waals surface area contributed by atoms with Crippen LogP contribution in [0.3, 0.4) is 0 Å². The minimum atomic E-state index is -0.0420.